The molecule has 0 saturated carbocycles. The van der Waals surface area contributed by atoms with Gasteiger partial charge in [-0.15, -0.1) is 0 Å². The Morgan fingerprint density at radius 3 is 2.50 bits per heavy atom. The molecule has 0 bridgehead atoms. The van der Waals surface area contributed by atoms with Crippen LogP contribution in [0.15, 0.2) is 47.4 Å². The lowest BCUT2D eigenvalue weighted by Gasteiger charge is -2.17. The predicted octanol–water partition coefficient (Wildman–Crippen LogP) is 2.62. The maximum Gasteiger partial charge on any atom is 0.243 e. The average Bonchev–Trinajstić information content (AvgIpc) is 3.36. The number of ether oxygens (including phenoxy) is 3. The fourth-order valence-electron chi connectivity index (χ4n) is 3.58. The molecule has 1 aliphatic heterocycles. The van der Waals surface area contributed by atoms with Crippen molar-refractivity contribution in [3.8, 4) is 17.2 Å². The molecule has 32 heavy (non-hydrogen) atoms. The van der Waals surface area contributed by atoms with Gasteiger partial charge in [0.25, 0.3) is 0 Å². The van der Waals surface area contributed by atoms with Gasteiger partial charge in [-0.25, -0.2) is 8.42 Å². The third-order valence-electron chi connectivity index (χ3n) is 5.31. The third-order valence-corrected chi connectivity index (χ3v) is 7.20. The summed E-state index contributed by atoms with van der Waals surface area (Å²) in [7, 11) is -0.402. The van der Waals surface area contributed by atoms with Gasteiger partial charge in [-0.2, -0.15) is 4.31 Å². The summed E-state index contributed by atoms with van der Waals surface area (Å²) in [5.74, 6) is 1.79. The molecule has 3 rings (SSSR count). The molecule has 174 valence electrons. The van der Waals surface area contributed by atoms with Gasteiger partial charge in [0.15, 0.2) is 0 Å². The number of carbonyl (C=O) groups is 1. The van der Waals surface area contributed by atoms with E-state index >= 15 is 0 Å². The molecule has 0 aromatic heterocycles. The monoisotopic (exact) mass is 462 g/mol. The minimum Gasteiger partial charge on any atom is -0.497 e. The molecular weight excluding hydrogens is 432 g/mol. The number of nitrogens with one attached hydrogen (secondary N) is 1. The highest BCUT2D eigenvalue weighted by Crippen LogP contribution is 2.27. The van der Waals surface area contributed by atoms with Gasteiger partial charge in [-0.05, 0) is 55.2 Å². The van der Waals surface area contributed by atoms with Crippen LogP contribution in [0, 0.1) is 0 Å². The van der Waals surface area contributed by atoms with E-state index in [1.807, 2.05) is 18.2 Å². The second kappa shape index (κ2) is 11.2. The predicted molar refractivity (Wildman–Crippen MR) is 121 cm³/mol. The van der Waals surface area contributed by atoms with Crippen molar-refractivity contribution < 1.29 is 27.4 Å². The molecule has 1 heterocycles. The van der Waals surface area contributed by atoms with Crippen LogP contribution in [-0.2, 0) is 21.2 Å². The molecular formula is C23H30N2O6S. The highest BCUT2D eigenvalue weighted by Gasteiger charge is 2.27. The van der Waals surface area contributed by atoms with E-state index < -0.39 is 10.0 Å². The summed E-state index contributed by atoms with van der Waals surface area (Å²) >= 11 is 0. The van der Waals surface area contributed by atoms with Crippen molar-refractivity contribution in [3.05, 3.63) is 48.0 Å². The Morgan fingerprint density at radius 2 is 1.78 bits per heavy atom. The molecule has 9 heteroatoms. The van der Waals surface area contributed by atoms with Gasteiger partial charge in [0.1, 0.15) is 23.9 Å². The molecule has 0 unspecified atom stereocenters. The third kappa shape index (κ3) is 6.14. The topological polar surface area (TPSA) is 94.2 Å². The molecule has 0 spiro atoms. The first-order chi connectivity index (χ1) is 15.4. The first-order valence-electron chi connectivity index (χ1n) is 10.6. The Labute approximate surface area is 189 Å². The van der Waals surface area contributed by atoms with Gasteiger partial charge in [0, 0.05) is 25.6 Å². The molecule has 1 N–H and O–H groups in total. The highest BCUT2D eigenvalue weighted by atomic mass is 32.2. The number of hydrogen-bond donors (Lipinski definition) is 1. The molecule has 2 aromatic carbocycles. The Bertz CT molecular complexity index is 1020. The van der Waals surface area contributed by atoms with Gasteiger partial charge < -0.3 is 19.5 Å². The summed E-state index contributed by atoms with van der Waals surface area (Å²) < 4.78 is 43.3. The SMILES string of the molecule is COc1cccc(OCCNC(=O)CCc2cc(S(=O)(=O)N3CCCC3)ccc2OC)c1. The molecule has 8 nitrogen and oxygen atoms in total. The van der Waals surface area contributed by atoms with Crippen molar-refractivity contribution in [3.63, 3.8) is 0 Å². The maximum atomic E-state index is 12.8. The van der Waals surface area contributed by atoms with Crippen molar-refractivity contribution in [2.75, 3.05) is 40.5 Å². The van der Waals surface area contributed by atoms with Gasteiger partial charge in [0.2, 0.25) is 15.9 Å². The maximum absolute atomic E-state index is 12.8. The van der Waals surface area contributed by atoms with Crippen LogP contribution >= 0.6 is 0 Å². The lowest BCUT2D eigenvalue weighted by Crippen LogP contribution is -2.28. The summed E-state index contributed by atoms with van der Waals surface area (Å²) in [5.41, 5.74) is 0.690. The average molecular weight is 463 g/mol. The van der Waals surface area contributed by atoms with Crippen LogP contribution in [0.2, 0.25) is 0 Å². The minimum atomic E-state index is -3.52. The fourth-order valence-corrected chi connectivity index (χ4v) is 5.14. The number of nitrogens with zero attached hydrogens (tertiary/aromatic N) is 1. The van der Waals surface area contributed by atoms with E-state index in [2.05, 4.69) is 5.32 Å². The van der Waals surface area contributed by atoms with Crippen molar-refractivity contribution >= 4 is 15.9 Å². The van der Waals surface area contributed by atoms with Crippen LogP contribution in [-0.4, -0.2) is 59.1 Å². The Balaban J connectivity index is 1.52. The number of rotatable bonds is 11. The lowest BCUT2D eigenvalue weighted by molar-refractivity contribution is -0.121. The summed E-state index contributed by atoms with van der Waals surface area (Å²) in [5, 5.41) is 2.82. The number of benzene rings is 2. The zero-order valence-corrected chi connectivity index (χ0v) is 19.3. The van der Waals surface area contributed by atoms with Crippen LogP contribution in [0.4, 0.5) is 0 Å². The summed E-state index contributed by atoms with van der Waals surface area (Å²) in [6, 6.07) is 12.1. The first kappa shape index (κ1) is 23.9. The van der Waals surface area contributed by atoms with Gasteiger partial charge >= 0.3 is 0 Å². The molecule has 2 aromatic rings. The smallest absolute Gasteiger partial charge is 0.243 e. The molecule has 1 saturated heterocycles. The standard InChI is InChI=1S/C23H30N2O6S/c1-29-19-6-5-7-20(17-19)31-15-12-24-23(26)11-8-18-16-21(9-10-22(18)30-2)32(27,28)25-13-3-4-14-25/h5-7,9-10,16-17H,3-4,8,11-15H2,1-2H3,(H,24,26). The Morgan fingerprint density at radius 1 is 1.03 bits per heavy atom. The van der Waals surface area contributed by atoms with Crippen molar-refractivity contribution in [1.29, 1.82) is 0 Å². The summed E-state index contributed by atoms with van der Waals surface area (Å²) in [6.45, 7) is 1.77. The van der Waals surface area contributed by atoms with E-state index in [9.17, 15) is 13.2 Å². The van der Waals surface area contributed by atoms with E-state index in [-0.39, 0.29) is 17.2 Å². The molecule has 1 aliphatic rings. The molecule has 0 aliphatic carbocycles. The number of carbonyl (C=O) groups excluding carboxylic acids is 1. The lowest BCUT2D eigenvalue weighted by atomic mass is 10.1. The molecule has 0 radical (unpaired) electrons. The van der Waals surface area contributed by atoms with E-state index in [1.165, 1.54) is 11.4 Å². The Kier molecular flexibility index (Phi) is 8.35. The van der Waals surface area contributed by atoms with Crippen LogP contribution in [0.3, 0.4) is 0 Å². The van der Waals surface area contributed by atoms with Crippen LogP contribution in [0.5, 0.6) is 17.2 Å². The number of methoxy groups -OCH3 is 2. The zero-order valence-electron chi connectivity index (χ0n) is 18.5. The number of hydrogen-bond acceptors (Lipinski definition) is 6. The highest BCUT2D eigenvalue weighted by molar-refractivity contribution is 7.89. The minimum absolute atomic E-state index is 0.144. The van der Waals surface area contributed by atoms with Crippen molar-refractivity contribution in [2.24, 2.45) is 0 Å². The normalized spacial score (nSPS) is 14.2. The van der Waals surface area contributed by atoms with Crippen molar-refractivity contribution in [1.82, 2.24) is 9.62 Å². The van der Waals surface area contributed by atoms with E-state index in [1.54, 1.807) is 31.4 Å². The second-order valence-corrected chi connectivity index (χ2v) is 9.40. The van der Waals surface area contributed by atoms with Gasteiger partial charge in [0.05, 0.1) is 25.7 Å². The fraction of sp³-hybridized carbons (Fsp3) is 0.435. The van der Waals surface area contributed by atoms with E-state index in [0.29, 0.717) is 55.5 Å². The van der Waals surface area contributed by atoms with Crippen LogP contribution in [0.25, 0.3) is 0 Å². The molecule has 1 amide bonds. The zero-order chi connectivity index (χ0) is 23.0. The Hall–Kier alpha value is -2.78. The molecule has 1 fully saturated rings. The van der Waals surface area contributed by atoms with Crippen LogP contribution < -0.4 is 19.5 Å². The summed E-state index contributed by atoms with van der Waals surface area (Å²) in [4.78, 5) is 12.5. The summed E-state index contributed by atoms with van der Waals surface area (Å²) in [6.07, 6.45) is 2.34. The number of amides is 1. The van der Waals surface area contributed by atoms with Gasteiger partial charge in [-0.1, -0.05) is 6.07 Å². The first-order valence-corrected chi connectivity index (χ1v) is 12.1. The van der Waals surface area contributed by atoms with Crippen molar-refractivity contribution in [2.45, 2.75) is 30.6 Å². The second-order valence-electron chi connectivity index (χ2n) is 7.46. The van der Waals surface area contributed by atoms with E-state index in [4.69, 9.17) is 14.2 Å². The van der Waals surface area contributed by atoms with Gasteiger partial charge in [-0.3, -0.25) is 4.79 Å². The quantitative estimate of drug-likeness (QED) is 0.516. The number of sulfonamides is 1. The number of aryl methyl sites for hydroxylation is 1. The van der Waals surface area contributed by atoms with E-state index in [0.717, 1.165) is 12.8 Å². The molecule has 0 atom stereocenters. The van der Waals surface area contributed by atoms with Crippen LogP contribution in [0.1, 0.15) is 24.8 Å². The largest absolute Gasteiger partial charge is 0.497 e.